The molecule has 0 unspecified atom stereocenters. The molecule has 0 aromatic heterocycles. The molecule has 1 N–H and O–H groups in total. The Morgan fingerprint density at radius 2 is 1.40 bits per heavy atom. The van der Waals surface area contributed by atoms with Crippen LogP contribution >= 0.6 is 0 Å². The minimum absolute atomic E-state index is 0.0366. The lowest BCUT2D eigenvalue weighted by Crippen LogP contribution is -2.53. The fourth-order valence-electron chi connectivity index (χ4n) is 4.88. The second-order valence-electron chi connectivity index (χ2n) is 10.4. The van der Waals surface area contributed by atoms with Crippen molar-refractivity contribution in [3.05, 3.63) is 120 Å². The Kier molecular flexibility index (Phi) is 11.6. The number of carbonyl (C=O) groups is 2. The molecule has 1 atom stereocenters. The van der Waals surface area contributed by atoms with Gasteiger partial charge in [0.15, 0.2) is 0 Å². The molecule has 0 bridgehead atoms. The van der Waals surface area contributed by atoms with Crippen molar-refractivity contribution in [3.8, 4) is 11.5 Å². The molecule has 4 aromatic rings. The number of anilines is 1. The van der Waals surface area contributed by atoms with E-state index < -0.39 is 28.5 Å². The molecule has 0 fully saturated rings. The van der Waals surface area contributed by atoms with Gasteiger partial charge in [0.05, 0.1) is 24.8 Å². The second-order valence-corrected chi connectivity index (χ2v) is 12.3. The molecular formula is C35H39N3O6S. The van der Waals surface area contributed by atoms with Crippen LogP contribution in [0.25, 0.3) is 0 Å². The van der Waals surface area contributed by atoms with Gasteiger partial charge in [-0.1, -0.05) is 67.6 Å². The minimum atomic E-state index is -4.18. The predicted octanol–water partition coefficient (Wildman–Crippen LogP) is 5.07. The van der Waals surface area contributed by atoms with Crippen LogP contribution in [0.5, 0.6) is 11.5 Å². The van der Waals surface area contributed by atoms with Gasteiger partial charge in [0.1, 0.15) is 24.1 Å². The van der Waals surface area contributed by atoms with Crippen LogP contribution in [-0.4, -0.2) is 58.5 Å². The van der Waals surface area contributed by atoms with Gasteiger partial charge >= 0.3 is 0 Å². The van der Waals surface area contributed by atoms with Crippen LogP contribution in [0.1, 0.15) is 24.5 Å². The van der Waals surface area contributed by atoms with Crippen molar-refractivity contribution in [3.63, 3.8) is 0 Å². The number of carbonyl (C=O) groups excluding carboxylic acids is 2. The monoisotopic (exact) mass is 629 g/mol. The molecule has 9 nitrogen and oxygen atoms in total. The fraction of sp³-hybridized carbons (Fsp3) is 0.257. The zero-order chi connectivity index (χ0) is 32.2. The lowest BCUT2D eigenvalue weighted by atomic mass is 10.0. The van der Waals surface area contributed by atoms with Crippen LogP contribution in [0.4, 0.5) is 5.69 Å². The van der Waals surface area contributed by atoms with E-state index in [2.05, 4.69) is 5.32 Å². The van der Waals surface area contributed by atoms with Crippen LogP contribution in [0.15, 0.2) is 114 Å². The number of ether oxygens (including phenoxy) is 2. The summed E-state index contributed by atoms with van der Waals surface area (Å²) in [6.45, 7) is 1.90. The standard InChI is InChI=1S/C35H39N3O6S/c1-4-22-36-35(40)33(24-27-12-7-5-8-13-27)37(25-28-14-11-15-31(23-28)44-3)34(39)26-38(29-18-20-30(43-2)21-19-29)45(41,42)32-16-9-6-10-17-32/h5-21,23,33H,4,22,24-26H2,1-3H3,(H,36,40)/t33-/m1/s1. The molecule has 0 saturated heterocycles. The molecule has 10 heteroatoms. The van der Waals surface area contributed by atoms with Gasteiger partial charge in [0.2, 0.25) is 11.8 Å². The van der Waals surface area contributed by atoms with Crippen LogP contribution in [0, 0.1) is 0 Å². The van der Waals surface area contributed by atoms with Gasteiger partial charge in [0.25, 0.3) is 10.0 Å². The molecule has 0 aliphatic carbocycles. The van der Waals surface area contributed by atoms with Crippen molar-refractivity contribution in [2.75, 3.05) is 31.6 Å². The highest BCUT2D eigenvalue weighted by Crippen LogP contribution is 2.27. The maximum atomic E-state index is 14.5. The first kappa shape index (κ1) is 33.1. The molecule has 0 radical (unpaired) electrons. The summed E-state index contributed by atoms with van der Waals surface area (Å²) < 4.78 is 39.9. The first-order chi connectivity index (χ1) is 21.8. The number of rotatable bonds is 15. The number of methoxy groups -OCH3 is 2. The van der Waals surface area contributed by atoms with Gasteiger partial charge in [-0.05, 0) is 66.1 Å². The average molecular weight is 630 g/mol. The largest absolute Gasteiger partial charge is 0.497 e. The SMILES string of the molecule is CCCNC(=O)[C@@H](Cc1ccccc1)N(Cc1cccc(OC)c1)C(=O)CN(c1ccc(OC)cc1)S(=O)(=O)c1ccccc1. The number of hydrogen-bond donors (Lipinski definition) is 1. The van der Waals surface area contributed by atoms with E-state index >= 15 is 0 Å². The van der Waals surface area contributed by atoms with E-state index in [1.165, 1.54) is 24.1 Å². The highest BCUT2D eigenvalue weighted by molar-refractivity contribution is 7.92. The normalized spacial score (nSPS) is 11.7. The Bertz CT molecular complexity index is 1650. The van der Waals surface area contributed by atoms with E-state index in [1.807, 2.05) is 49.4 Å². The number of hydrogen-bond acceptors (Lipinski definition) is 6. The maximum absolute atomic E-state index is 14.5. The third-order valence-electron chi connectivity index (χ3n) is 7.28. The van der Waals surface area contributed by atoms with Gasteiger partial charge in [0, 0.05) is 19.5 Å². The quantitative estimate of drug-likeness (QED) is 0.197. The summed E-state index contributed by atoms with van der Waals surface area (Å²) in [5.41, 5.74) is 1.87. The average Bonchev–Trinajstić information content (AvgIpc) is 3.08. The molecule has 45 heavy (non-hydrogen) atoms. The van der Waals surface area contributed by atoms with Crippen molar-refractivity contribution >= 4 is 27.5 Å². The molecule has 0 heterocycles. The van der Waals surface area contributed by atoms with Crippen molar-refractivity contribution in [1.29, 1.82) is 0 Å². The third-order valence-corrected chi connectivity index (χ3v) is 9.07. The fourth-order valence-corrected chi connectivity index (χ4v) is 6.32. The molecule has 0 saturated carbocycles. The lowest BCUT2D eigenvalue weighted by Gasteiger charge is -2.34. The predicted molar refractivity (Wildman–Crippen MR) is 175 cm³/mol. The number of nitrogens with zero attached hydrogens (tertiary/aromatic N) is 2. The van der Waals surface area contributed by atoms with E-state index in [4.69, 9.17) is 9.47 Å². The summed E-state index contributed by atoms with van der Waals surface area (Å²) in [4.78, 5) is 29.7. The highest BCUT2D eigenvalue weighted by Gasteiger charge is 2.34. The molecule has 4 aromatic carbocycles. The number of benzene rings is 4. The maximum Gasteiger partial charge on any atom is 0.264 e. The van der Waals surface area contributed by atoms with Gasteiger partial charge in [-0.15, -0.1) is 0 Å². The minimum Gasteiger partial charge on any atom is -0.497 e. The first-order valence-corrected chi connectivity index (χ1v) is 16.2. The number of amides is 2. The Hall–Kier alpha value is -4.83. The summed E-state index contributed by atoms with van der Waals surface area (Å²) in [6.07, 6.45) is 0.953. The molecule has 0 spiro atoms. The zero-order valence-corrected chi connectivity index (χ0v) is 26.6. The first-order valence-electron chi connectivity index (χ1n) is 14.7. The molecule has 0 aliphatic heterocycles. The third kappa shape index (κ3) is 8.63. The summed E-state index contributed by atoms with van der Waals surface area (Å²) in [5, 5.41) is 2.95. The van der Waals surface area contributed by atoms with Gasteiger partial charge in [-0.3, -0.25) is 13.9 Å². The highest BCUT2D eigenvalue weighted by atomic mass is 32.2. The van der Waals surface area contributed by atoms with E-state index in [0.29, 0.717) is 24.5 Å². The van der Waals surface area contributed by atoms with Gasteiger partial charge in [-0.2, -0.15) is 0 Å². The van der Waals surface area contributed by atoms with Crippen LogP contribution in [-0.2, 0) is 32.6 Å². The summed E-state index contributed by atoms with van der Waals surface area (Å²) in [5.74, 6) is 0.276. The molecule has 2 amide bonds. The zero-order valence-electron chi connectivity index (χ0n) is 25.8. The smallest absolute Gasteiger partial charge is 0.264 e. The van der Waals surface area contributed by atoms with E-state index in [1.54, 1.807) is 61.7 Å². The van der Waals surface area contributed by atoms with Crippen LogP contribution < -0.4 is 19.1 Å². The Labute approximate surface area is 265 Å². The Morgan fingerprint density at radius 1 is 0.778 bits per heavy atom. The van der Waals surface area contributed by atoms with E-state index in [9.17, 15) is 18.0 Å². The van der Waals surface area contributed by atoms with Gasteiger partial charge < -0.3 is 19.7 Å². The summed E-state index contributed by atoms with van der Waals surface area (Å²) in [7, 11) is -1.11. The van der Waals surface area contributed by atoms with E-state index in [0.717, 1.165) is 15.4 Å². The Morgan fingerprint density at radius 3 is 2.02 bits per heavy atom. The topological polar surface area (TPSA) is 105 Å². The van der Waals surface area contributed by atoms with Crippen LogP contribution in [0.3, 0.4) is 0 Å². The number of nitrogens with one attached hydrogen (secondary N) is 1. The summed E-state index contributed by atoms with van der Waals surface area (Å²) in [6, 6.07) is 30.2. The molecular weight excluding hydrogens is 590 g/mol. The van der Waals surface area contributed by atoms with Gasteiger partial charge in [-0.25, -0.2) is 8.42 Å². The van der Waals surface area contributed by atoms with Crippen molar-refractivity contribution in [2.45, 2.75) is 37.2 Å². The Balaban J connectivity index is 1.80. The molecule has 0 aliphatic rings. The van der Waals surface area contributed by atoms with Crippen molar-refractivity contribution in [2.24, 2.45) is 0 Å². The van der Waals surface area contributed by atoms with Crippen molar-refractivity contribution < 1.29 is 27.5 Å². The second kappa shape index (κ2) is 15.8. The lowest BCUT2D eigenvalue weighted by molar-refractivity contribution is -0.140. The molecule has 236 valence electrons. The summed E-state index contributed by atoms with van der Waals surface area (Å²) >= 11 is 0. The molecule has 4 rings (SSSR count). The number of sulfonamides is 1. The van der Waals surface area contributed by atoms with Crippen molar-refractivity contribution in [1.82, 2.24) is 10.2 Å². The van der Waals surface area contributed by atoms with E-state index in [-0.39, 0.29) is 29.5 Å². The van der Waals surface area contributed by atoms with Crippen LogP contribution in [0.2, 0.25) is 0 Å².